The molecule has 0 aliphatic carbocycles. The van der Waals surface area contributed by atoms with Gasteiger partial charge in [0.2, 0.25) is 35.4 Å². The lowest BCUT2D eigenvalue weighted by molar-refractivity contribution is -0.145. The predicted molar refractivity (Wildman–Crippen MR) is 169 cm³/mol. The van der Waals surface area contributed by atoms with Crippen molar-refractivity contribution in [1.82, 2.24) is 31.5 Å². The minimum Gasteiger partial charge on any atom is -0.481 e. The van der Waals surface area contributed by atoms with E-state index in [2.05, 4.69) is 26.6 Å². The fraction of sp³-hybridized carbons (Fsp3) is 0.548. The third-order valence-electron chi connectivity index (χ3n) is 8.08. The lowest BCUT2D eigenvalue weighted by Gasteiger charge is -2.31. The van der Waals surface area contributed by atoms with E-state index in [1.807, 2.05) is 0 Å². The fourth-order valence-corrected chi connectivity index (χ4v) is 5.58. The van der Waals surface area contributed by atoms with Crippen LogP contribution in [-0.4, -0.2) is 124 Å². The molecular weight excluding hydrogens is 646 g/mol. The number of hydrogen-bond donors (Lipinski definition) is 9. The summed E-state index contributed by atoms with van der Waals surface area (Å²) >= 11 is 0. The highest BCUT2D eigenvalue weighted by molar-refractivity contribution is 5.98. The van der Waals surface area contributed by atoms with Gasteiger partial charge in [-0.3, -0.25) is 38.4 Å². The molecule has 6 atom stereocenters. The van der Waals surface area contributed by atoms with Gasteiger partial charge in [-0.05, 0) is 37.8 Å². The van der Waals surface area contributed by atoms with Crippen LogP contribution in [0.1, 0.15) is 50.5 Å². The number of carboxylic acid groups (broad SMARTS) is 2. The molecule has 2 fully saturated rings. The first kappa shape index (κ1) is 38.3. The van der Waals surface area contributed by atoms with Crippen molar-refractivity contribution in [3.63, 3.8) is 0 Å². The highest BCUT2D eigenvalue weighted by atomic mass is 16.4. The lowest BCUT2D eigenvalue weighted by atomic mass is 10.0. The minimum atomic E-state index is -1.70. The van der Waals surface area contributed by atoms with Gasteiger partial charge in [0.25, 0.3) is 0 Å². The number of amides is 6. The Balaban J connectivity index is 2.03. The Morgan fingerprint density at radius 1 is 0.776 bits per heavy atom. The Labute approximate surface area is 281 Å². The van der Waals surface area contributed by atoms with E-state index < -0.39 is 110 Å². The van der Waals surface area contributed by atoms with E-state index in [0.29, 0.717) is 18.4 Å². The third kappa shape index (κ3) is 11.8. The Morgan fingerprint density at radius 2 is 1.43 bits per heavy atom. The number of nitrogens with zero attached hydrogens (tertiary/aromatic N) is 1. The van der Waals surface area contributed by atoms with E-state index in [1.165, 1.54) is 0 Å². The summed E-state index contributed by atoms with van der Waals surface area (Å²) in [4.78, 5) is 104. The molecule has 2 heterocycles. The zero-order chi connectivity index (χ0) is 36.1. The molecule has 18 heteroatoms. The van der Waals surface area contributed by atoms with Crippen LogP contribution >= 0.6 is 0 Å². The van der Waals surface area contributed by atoms with Crippen molar-refractivity contribution in [3.8, 4) is 0 Å². The molecule has 18 nitrogen and oxygen atoms in total. The molecule has 1 aromatic rings. The van der Waals surface area contributed by atoms with Crippen LogP contribution in [0.25, 0.3) is 0 Å². The topological polar surface area (TPSA) is 287 Å². The molecule has 2 aliphatic rings. The van der Waals surface area contributed by atoms with Crippen molar-refractivity contribution in [2.75, 3.05) is 19.6 Å². The molecular formula is C31H43N7O11. The molecule has 268 valence electrons. The summed E-state index contributed by atoms with van der Waals surface area (Å²) in [5.74, 6) is -8.14. The van der Waals surface area contributed by atoms with Gasteiger partial charge >= 0.3 is 11.9 Å². The standard InChI is InChI=1S/C31H43N7O11/c32-11-5-4-8-19-28(46)36-20(9-10-25(41)42)31(49)38-16-18(39)13-23(38)30(48)37-22(14-26(43)44)27(45)33-15-24(40)34-21(29(47)35-19)12-17-6-2-1-3-7-17/h1-3,6-7,18-23,39H,4-5,8-16,32H2,(H,33,45)(H,34,40)(H,35,47)(H,36,46)(H,37,48)(H,41,42)(H,43,44)/t18-,19+,20-,21+,22+,23+/m1/s1. The van der Waals surface area contributed by atoms with Gasteiger partial charge in [0.15, 0.2) is 0 Å². The first-order chi connectivity index (χ1) is 23.3. The number of unbranched alkanes of at least 4 members (excludes halogenated alkanes) is 1. The molecule has 0 radical (unpaired) electrons. The Morgan fingerprint density at radius 3 is 2.08 bits per heavy atom. The highest BCUT2D eigenvalue weighted by Crippen LogP contribution is 2.21. The van der Waals surface area contributed by atoms with Gasteiger partial charge in [-0.25, -0.2) is 0 Å². The Bertz CT molecular complexity index is 1390. The number of hydrogen-bond acceptors (Lipinski definition) is 10. The number of benzene rings is 1. The van der Waals surface area contributed by atoms with Crippen molar-refractivity contribution >= 4 is 47.4 Å². The van der Waals surface area contributed by atoms with Crippen LogP contribution in [-0.2, 0) is 44.8 Å². The number of rotatable bonds is 11. The number of aliphatic hydroxyl groups excluding tert-OH is 1. The Kier molecular flexibility index (Phi) is 14.4. The van der Waals surface area contributed by atoms with Crippen molar-refractivity contribution in [3.05, 3.63) is 35.9 Å². The van der Waals surface area contributed by atoms with Crippen LogP contribution < -0.4 is 32.3 Å². The molecule has 2 saturated heterocycles. The van der Waals surface area contributed by atoms with E-state index in [4.69, 9.17) is 5.73 Å². The molecule has 0 spiro atoms. The second-order valence-corrected chi connectivity index (χ2v) is 11.9. The Hall–Kier alpha value is -5.10. The normalized spacial score (nSPS) is 25.9. The van der Waals surface area contributed by atoms with Gasteiger partial charge in [0.1, 0.15) is 30.2 Å². The van der Waals surface area contributed by atoms with E-state index in [1.54, 1.807) is 30.3 Å². The van der Waals surface area contributed by atoms with Gasteiger partial charge in [-0.1, -0.05) is 30.3 Å². The number of carbonyl (C=O) groups is 8. The molecule has 0 bridgehead atoms. The van der Waals surface area contributed by atoms with Crippen molar-refractivity contribution in [2.45, 2.75) is 87.7 Å². The van der Waals surface area contributed by atoms with Crippen LogP contribution in [0.4, 0.5) is 0 Å². The number of fused-ring (bicyclic) bond motifs is 1. The largest absolute Gasteiger partial charge is 0.481 e. The average molecular weight is 690 g/mol. The fourth-order valence-electron chi connectivity index (χ4n) is 5.58. The molecule has 1 aromatic carbocycles. The molecule has 6 amide bonds. The molecule has 10 N–H and O–H groups in total. The SMILES string of the molecule is NCCCC[C@@H]1NC(=O)[C@H](Cc2ccccc2)NC(=O)CNC(=O)[C@H](CC(=O)O)NC(=O)[C@@H]2C[C@@H](O)CN2C(=O)[C@@H](CCC(=O)O)NC1=O. The predicted octanol–water partition coefficient (Wildman–Crippen LogP) is -3.27. The van der Waals surface area contributed by atoms with Crippen LogP contribution in [0.5, 0.6) is 0 Å². The van der Waals surface area contributed by atoms with Crippen molar-refractivity contribution < 1.29 is 53.7 Å². The summed E-state index contributed by atoms with van der Waals surface area (Å²) in [5.41, 5.74) is 6.26. The number of aliphatic carboxylic acids is 2. The van der Waals surface area contributed by atoms with Crippen molar-refractivity contribution in [2.24, 2.45) is 5.73 Å². The van der Waals surface area contributed by atoms with Crippen LogP contribution in [0.15, 0.2) is 30.3 Å². The van der Waals surface area contributed by atoms with E-state index in [9.17, 15) is 53.7 Å². The van der Waals surface area contributed by atoms with Gasteiger partial charge in [0, 0.05) is 25.8 Å². The molecule has 49 heavy (non-hydrogen) atoms. The quantitative estimate of drug-likeness (QED) is 0.104. The van der Waals surface area contributed by atoms with E-state index in [0.717, 1.165) is 4.90 Å². The monoisotopic (exact) mass is 689 g/mol. The molecule has 0 saturated carbocycles. The zero-order valence-electron chi connectivity index (χ0n) is 26.8. The van der Waals surface area contributed by atoms with Gasteiger partial charge in [0.05, 0.1) is 19.1 Å². The summed E-state index contributed by atoms with van der Waals surface area (Å²) in [5, 5.41) is 41.3. The van der Waals surface area contributed by atoms with Crippen LogP contribution in [0.2, 0.25) is 0 Å². The summed E-state index contributed by atoms with van der Waals surface area (Å²) < 4.78 is 0. The number of nitrogens with one attached hydrogen (secondary N) is 5. The average Bonchev–Trinajstić information content (AvgIpc) is 3.45. The number of aliphatic hydroxyl groups is 1. The summed E-state index contributed by atoms with van der Waals surface area (Å²) in [6, 6.07) is 1.44. The summed E-state index contributed by atoms with van der Waals surface area (Å²) in [6.45, 7) is -0.805. The van der Waals surface area contributed by atoms with E-state index in [-0.39, 0.29) is 32.4 Å². The molecule has 2 aliphatic heterocycles. The second kappa shape index (κ2) is 18.4. The van der Waals surface area contributed by atoms with Gasteiger partial charge in [-0.15, -0.1) is 0 Å². The number of carbonyl (C=O) groups excluding carboxylic acids is 6. The molecule has 0 unspecified atom stereocenters. The summed E-state index contributed by atoms with van der Waals surface area (Å²) in [6.07, 6.45) is -2.51. The molecule has 3 rings (SSSR count). The number of nitrogens with two attached hydrogens (primary N) is 1. The first-order valence-corrected chi connectivity index (χ1v) is 15.9. The minimum absolute atomic E-state index is 0.0282. The number of carboxylic acids is 2. The second-order valence-electron chi connectivity index (χ2n) is 11.9. The van der Waals surface area contributed by atoms with Gasteiger partial charge < -0.3 is 52.5 Å². The maximum Gasteiger partial charge on any atom is 0.305 e. The first-order valence-electron chi connectivity index (χ1n) is 15.9. The summed E-state index contributed by atoms with van der Waals surface area (Å²) in [7, 11) is 0. The lowest BCUT2D eigenvalue weighted by Crippen LogP contribution is -2.60. The zero-order valence-corrected chi connectivity index (χ0v) is 26.8. The maximum absolute atomic E-state index is 13.8. The molecule has 0 aromatic heterocycles. The van der Waals surface area contributed by atoms with Crippen LogP contribution in [0.3, 0.4) is 0 Å². The van der Waals surface area contributed by atoms with E-state index >= 15 is 0 Å². The maximum atomic E-state index is 13.8. The highest BCUT2D eigenvalue weighted by Gasteiger charge is 2.43. The van der Waals surface area contributed by atoms with Gasteiger partial charge in [-0.2, -0.15) is 0 Å². The smallest absolute Gasteiger partial charge is 0.305 e. The van der Waals surface area contributed by atoms with Crippen LogP contribution in [0, 0.1) is 0 Å². The third-order valence-corrected chi connectivity index (χ3v) is 8.08. The van der Waals surface area contributed by atoms with Crippen molar-refractivity contribution in [1.29, 1.82) is 0 Å².